The molecule has 1 fully saturated rings. The maximum Gasteiger partial charge on any atom is 0.269 e. The van der Waals surface area contributed by atoms with Crippen molar-refractivity contribution < 1.29 is 14.1 Å². The molecule has 32 heavy (non-hydrogen) atoms. The van der Waals surface area contributed by atoms with Crippen LogP contribution in [0.4, 0.5) is 0 Å². The van der Waals surface area contributed by atoms with Gasteiger partial charge in [-0.2, -0.15) is 5.10 Å². The summed E-state index contributed by atoms with van der Waals surface area (Å²) in [6, 6.07) is 1.71. The van der Waals surface area contributed by atoms with Crippen LogP contribution < -0.4 is 5.32 Å². The lowest BCUT2D eigenvalue weighted by Crippen LogP contribution is -2.44. The third kappa shape index (κ3) is 3.71. The summed E-state index contributed by atoms with van der Waals surface area (Å²) in [5.74, 6) is 0.699. The Morgan fingerprint density at radius 3 is 2.97 bits per heavy atom. The maximum atomic E-state index is 12.5. The first kappa shape index (κ1) is 20.8. The van der Waals surface area contributed by atoms with Crippen molar-refractivity contribution in [3.05, 3.63) is 46.4 Å². The average Bonchev–Trinajstić information content (AvgIpc) is 3.57. The molecule has 5 heterocycles. The lowest BCUT2D eigenvalue weighted by atomic mass is 10.0. The van der Waals surface area contributed by atoms with Crippen molar-refractivity contribution in [3.63, 3.8) is 0 Å². The van der Waals surface area contributed by atoms with Crippen LogP contribution in [-0.4, -0.2) is 59.4 Å². The van der Waals surface area contributed by atoms with Gasteiger partial charge in [-0.15, -0.1) is 5.10 Å². The number of fused-ring (bicyclic) bond motifs is 1. The van der Waals surface area contributed by atoms with Crippen LogP contribution in [0.3, 0.4) is 0 Å². The first-order chi connectivity index (χ1) is 15.5. The number of nitrogens with zero attached hydrogens (tertiary/aromatic N) is 7. The van der Waals surface area contributed by atoms with Gasteiger partial charge >= 0.3 is 0 Å². The minimum absolute atomic E-state index is 0.176. The van der Waals surface area contributed by atoms with Crippen molar-refractivity contribution in [1.82, 2.24) is 40.1 Å². The number of nitrogens with one attached hydrogen (secondary N) is 1. The second kappa shape index (κ2) is 8.14. The molecule has 2 aliphatic rings. The van der Waals surface area contributed by atoms with E-state index in [9.17, 15) is 4.79 Å². The monoisotopic (exact) mass is 440 g/mol. The molecule has 1 unspecified atom stereocenters. The predicted octanol–water partition coefficient (Wildman–Crippen LogP) is 1.20. The van der Waals surface area contributed by atoms with Crippen LogP contribution in [0.15, 0.2) is 16.8 Å². The fourth-order valence-electron chi connectivity index (χ4n) is 4.62. The van der Waals surface area contributed by atoms with E-state index >= 15 is 0 Å². The van der Waals surface area contributed by atoms with E-state index in [2.05, 4.69) is 30.8 Å². The molecule has 3 aromatic heterocycles. The third-order valence-electron chi connectivity index (χ3n) is 6.49. The normalized spacial score (nSPS) is 20.7. The summed E-state index contributed by atoms with van der Waals surface area (Å²) in [5.41, 5.74) is 4.02. The number of aryl methyl sites for hydroxylation is 3. The van der Waals surface area contributed by atoms with E-state index in [0.29, 0.717) is 31.9 Å². The standard InChI is InChI=1S/C21H28N8O3/c1-4-28-18(5-7-23-28)20(30)22-9-17-19-11-31-21(13-29(19)26-24-17)6-8-27(12-21)10-16-14(2)25-32-15(16)3/h5,7H,4,6,8-13H2,1-3H3,(H,22,30). The van der Waals surface area contributed by atoms with Crippen LogP contribution in [0.5, 0.6) is 0 Å². The van der Waals surface area contributed by atoms with Crippen LogP contribution in [0.2, 0.25) is 0 Å². The molecule has 0 saturated carbocycles. The quantitative estimate of drug-likeness (QED) is 0.608. The van der Waals surface area contributed by atoms with Gasteiger partial charge < -0.3 is 14.6 Å². The Hall–Kier alpha value is -3.05. The van der Waals surface area contributed by atoms with Gasteiger partial charge in [0.25, 0.3) is 5.91 Å². The molecule has 11 nitrogen and oxygen atoms in total. The molecule has 11 heteroatoms. The summed E-state index contributed by atoms with van der Waals surface area (Å²) in [6.07, 6.45) is 2.56. The maximum absolute atomic E-state index is 12.5. The Morgan fingerprint density at radius 2 is 2.19 bits per heavy atom. The van der Waals surface area contributed by atoms with Crippen molar-refractivity contribution in [2.75, 3.05) is 13.1 Å². The highest BCUT2D eigenvalue weighted by molar-refractivity contribution is 5.92. The summed E-state index contributed by atoms with van der Waals surface area (Å²) < 4.78 is 15.3. The second-order valence-electron chi connectivity index (χ2n) is 8.59. The number of amides is 1. The minimum atomic E-state index is -0.270. The topological polar surface area (TPSA) is 116 Å². The van der Waals surface area contributed by atoms with Crippen molar-refractivity contribution in [3.8, 4) is 0 Å². The van der Waals surface area contributed by atoms with E-state index in [0.717, 1.165) is 54.5 Å². The molecule has 1 N–H and O–H groups in total. The highest BCUT2D eigenvalue weighted by Crippen LogP contribution is 2.33. The van der Waals surface area contributed by atoms with Crippen molar-refractivity contribution in [1.29, 1.82) is 0 Å². The number of aromatic nitrogens is 6. The predicted molar refractivity (Wildman–Crippen MR) is 112 cm³/mol. The fraction of sp³-hybridized carbons (Fsp3) is 0.571. The van der Waals surface area contributed by atoms with Gasteiger partial charge in [-0.3, -0.25) is 14.4 Å². The lowest BCUT2D eigenvalue weighted by molar-refractivity contribution is -0.0845. The molecule has 0 aliphatic carbocycles. The summed E-state index contributed by atoms with van der Waals surface area (Å²) in [6.45, 7) is 10.5. The molecule has 1 spiro atoms. The molecule has 1 atom stereocenters. The highest BCUT2D eigenvalue weighted by atomic mass is 16.5. The van der Waals surface area contributed by atoms with E-state index in [-0.39, 0.29) is 11.5 Å². The molecule has 1 amide bonds. The zero-order valence-corrected chi connectivity index (χ0v) is 18.7. The largest absolute Gasteiger partial charge is 0.365 e. The lowest BCUT2D eigenvalue weighted by Gasteiger charge is -2.34. The summed E-state index contributed by atoms with van der Waals surface area (Å²) >= 11 is 0. The van der Waals surface area contributed by atoms with E-state index in [1.54, 1.807) is 16.9 Å². The van der Waals surface area contributed by atoms with Gasteiger partial charge in [0.2, 0.25) is 0 Å². The molecule has 2 aliphatic heterocycles. The van der Waals surface area contributed by atoms with E-state index in [4.69, 9.17) is 9.26 Å². The molecular formula is C21H28N8O3. The van der Waals surface area contributed by atoms with E-state index < -0.39 is 0 Å². The van der Waals surface area contributed by atoms with Gasteiger partial charge in [-0.05, 0) is 33.3 Å². The Balaban J connectivity index is 1.22. The first-order valence-corrected chi connectivity index (χ1v) is 11.0. The van der Waals surface area contributed by atoms with Gasteiger partial charge in [0, 0.05) is 37.9 Å². The molecule has 0 aromatic carbocycles. The number of rotatable bonds is 6. The van der Waals surface area contributed by atoms with Gasteiger partial charge in [0.1, 0.15) is 22.7 Å². The van der Waals surface area contributed by atoms with Gasteiger partial charge in [-0.25, -0.2) is 4.68 Å². The number of carbonyl (C=O) groups is 1. The van der Waals surface area contributed by atoms with Gasteiger partial charge in [-0.1, -0.05) is 10.4 Å². The Bertz CT molecular complexity index is 1110. The molecule has 0 bridgehead atoms. The molecule has 170 valence electrons. The van der Waals surface area contributed by atoms with E-state index in [1.165, 1.54) is 0 Å². The zero-order chi connectivity index (χ0) is 22.3. The number of hydrogen-bond acceptors (Lipinski definition) is 8. The second-order valence-corrected chi connectivity index (χ2v) is 8.59. The number of ether oxygens (including phenoxy) is 1. The van der Waals surface area contributed by atoms with Crippen molar-refractivity contribution >= 4 is 5.91 Å². The molecule has 1 saturated heterocycles. The molecule has 5 rings (SSSR count). The van der Waals surface area contributed by atoms with Crippen LogP contribution in [0, 0.1) is 13.8 Å². The fourth-order valence-corrected chi connectivity index (χ4v) is 4.62. The number of likely N-dealkylation sites (tertiary alicyclic amines) is 1. The van der Waals surface area contributed by atoms with Gasteiger partial charge in [0.05, 0.1) is 31.1 Å². The van der Waals surface area contributed by atoms with Crippen LogP contribution >= 0.6 is 0 Å². The number of carbonyl (C=O) groups excluding carboxylic acids is 1. The van der Waals surface area contributed by atoms with E-state index in [1.807, 2.05) is 25.5 Å². The van der Waals surface area contributed by atoms with Crippen LogP contribution in [0.25, 0.3) is 0 Å². The number of hydrogen-bond donors (Lipinski definition) is 1. The third-order valence-corrected chi connectivity index (χ3v) is 6.49. The SMILES string of the molecule is CCn1nccc1C(=O)NCc1nnn2c1COC1(CCN(Cc3c(C)noc3C)C1)C2. The zero-order valence-electron chi connectivity index (χ0n) is 18.7. The smallest absolute Gasteiger partial charge is 0.269 e. The molecule has 3 aromatic rings. The van der Waals surface area contributed by atoms with Gasteiger partial charge in [0.15, 0.2) is 0 Å². The highest BCUT2D eigenvalue weighted by Gasteiger charge is 2.43. The first-order valence-electron chi connectivity index (χ1n) is 11.0. The average molecular weight is 441 g/mol. The minimum Gasteiger partial charge on any atom is -0.365 e. The summed E-state index contributed by atoms with van der Waals surface area (Å²) in [4.78, 5) is 14.9. The molecular weight excluding hydrogens is 412 g/mol. The van der Waals surface area contributed by atoms with Crippen LogP contribution in [0.1, 0.15) is 52.2 Å². The Kier molecular flexibility index (Phi) is 5.30. The molecule has 0 radical (unpaired) electrons. The van der Waals surface area contributed by atoms with Crippen molar-refractivity contribution in [2.45, 2.75) is 65.6 Å². The van der Waals surface area contributed by atoms with Crippen molar-refractivity contribution in [2.24, 2.45) is 0 Å². The summed E-state index contributed by atoms with van der Waals surface area (Å²) in [7, 11) is 0. The Morgan fingerprint density at radius 1 is 1.31 bits per heavy atom. The summed E-state index contributed by atoms with van der Waals surface area (Å²) in [5, 5.41) is 19.8. The van der Waals surface area contributed by atoms with Crippen LogP contribution in [-0.2, 0) is 37.5 Å². The Labute approximate surface area is 185 Å².